The average molecular weight is 524 g/mol. The zero-order chi connectivity index (χ0) is 25.8. The number of amides is 4. The second-order valence-corrected chi connectivity index (χ2v) is 8.92. The van der Waals surface area contributed by atoms with E-state index in [9.17, 15) is 19.2 Å². The molecule has 3 rings (SSSR count). The van der Waals surface area contributed by atoms with E-state index in [1.54, 1.807) is 18.2 Å². The summed E-state index contributed by atoms with van der Waals surface area (Å²) in [6.07, 6.45) is 4.55. The van der Waals surface area contributed by atoms with E-state index in [4.69, 9.17) is 25.8 Å². The van der Waals surface area contributed by atoms with Crippen molar-refractivity contribution in [1.82, 2.24) is 10.2 Å². The Labute approximate surface area is 216 Å². The van der Waals surface area contributed by atoms with Crippen LogP contribution in [0.15, 0.2) is 18.2 Å². The van der Waals surface area contributed by atoms with E-state index in [-0.39, 0.29) is 24.0 Å². The van der Waals surface area contributed by atoms with Gasteiger partial charge in [0, 0.05) is 31.1 Å². The number of imide groups is 2. The van der Waals surface area contributed by atoms with Crippen LogP contribution in [0.4, 0.5) is 5.69 Å². The highest BCUT2D eigenvalue weighted by atomic mass is 35.5. The highest BCUT2D eigenvalue weighted by Gasteiger charge is 2.45. The molecule has 0 spiro atoms. The molecule has 1 unspecified atom stereocenters. The zero-order valence-electron chi connectivity index (χ0n) is 20.4. The first kappa shape index (κ1) is 28.0. The number of carbonyl (C=O) groups is 4. The fourth-order valence-corrected chi connectivity index (χ4v) is 4.30. The van der Waals surface area contributed by atoms with Crippen LogP contribution in [0.3, 0.4) is 0 Å². The molecule has 2 heterocycles. The van der Waals surface area contributed by atoms with Gasteiger partial charge < -0.3 is 19.5 Å². The molecule has 1 fully saturated rings. The molecule has 2 N–H and O–H groups in total. The summed E-state index contributed by atoms with van der Waals surface area (Å²) in [5.74, 6) is -1.39. The number of piperidine rings is 1. The number of nitrogens with one attached hydrogen (secondary N) is 2. The van der Waals surface area contributed by atoms with E-state index in [0.717, 1.165) is 37.2 Å². The fraction of sp³-hybridized carbons (Fsp3) is 0.600. The van der Waals surface area contributed by atoms with Gasteiger partial charge in [-0.1, -0.05) is 18.9 Å². The minimum Gasteiger partial charge on any atom is -0.382 e. The van der Waals surface area contributed by atoms with Gasteiger partial charge in [-0.2, -0.15) is 0 Å². The minimum absolute atomic E-state index is 0.0818. The zero-order valence-corrected chi connectivity index (χ0v) is 21.1. The first-order valence-corrected chi connectivity index (χ1v) is 13.0. The van der Waals surface area contributed by atoms with Gasteiger partial charge >= 0.3 is 0 Å². The number of hydrogen-bond donors (Lipinski definition) is 2. The molecule has 1 aromatic carbocycles. The van der Waals surface area contributed by atoms with Gasteiger partial charge in [0.1, 0.15) is 6.04 Å². The van der Waals surface area contributed by atoms with E-state index in [1.165, 1.54) is 0 Å². The van der Waals surface area contributed by atoms with Gasteiger partial charge in [-0.25, -0.2) is 0 Å². The van der Waals surface area contributed by atoms with E-state index >= 15 is 0 Å². The van der Waals surface area contributed by atoms with Crippen LogP contribution in [0.2, 0.25) is 0 Å². The van der Waals surface area contributed by atoms with Gasteiger partial charge in [-0.15, -0.1) is 11.6 Å². The highest BCUT2D eigenvalue weighted by molar-refractivity contribution is 6.25. The monoisotopic (exact) mass is 523 g/mol. The number of hydrogen-bond acceptors (Lipinski definition) is 8. The lowest BCUT2D eigenvalue weighted by molar-refractivity contribution is -0.136. The second kappa shape index (κ2) is 14.9. The lowest BCUT2D eigenvalue weighted by Gasteiger charge is -2.27. The molecule has 36 heavy (non-hydrogen) atoms. The molecule has 1 atom stereocenters. The second-order valence-electron chi connectivity index (χ2n) is 8.54. The highest BCUT2D eigenvalue weighted by Crippen LogP contribution is 2.32. The van der Waals surface area contributed by atoms with Gasteiger partial charge in [0.25, 0.3) is 11.8 Å². The Bertz CT molecular complexity index is 927. The molecule has 0 bridgehead atoms. The first-order valence-electron chi connectivity index (χ1n) is 12.4. The third kappa shape index (κ3) is 7.73. The van der Waals surface area contributed by atoms with Gasteiger partial charge in [-0.05, 0) is 31.4 Å². The Morgan fingerprint density at radius 2 is 1.58 bits per heavy atom. The fourth-order valence-electron chi connectivity index (χ4n) is 4.11. The lowest BCUT2D eigenvalue weighted by atomic mass is 10.0. The molecular formula is C25H34ClN3O7. The van der Waals surface area contributed by atoms with Crippen molar-refractivity contribution >= 4 is 40.9 Å². The van der Waals surface area contributed by atoms with Crippen LogP contribution < -0.4 is 10.6 Å². The van der Waals surface area contributed by atoms with Crippen LogP contribution >= 0.6 is 11.6 Å². The van der Waals surface area contributed by atoms with Crippen molar-refractivity contribution < 1.29 is 33.4 Å². The number of rotatable bonds is 17. The van der Waals surface area contributed by atoms with Crippen molar-refractivity contribution in [3.05, 3.63) is 29.3 Å². The maximum atomic E-state index is 13.1. The van der Waals surface area contributed by atoms with Gasteiger partial charge in [0.05, 0.1) is 44.2 Å². The number of anilines is 1. The van der Waals surface area contributed by atoms with Crippen molar-refractivity contribution in [2.75, 3.05) is 57.4 Å². The molecule has 0 radical (unpaired) electrons. The smallest absolute Gasteiger partial charge is 0.264 e. The lowest BCUT2D eigenvalue weighted by Crippen LogP contribution is -2.54. The standard InChI is InChI=1S/C25H34ClN3O7/c26-10-3-1-2-4-12-34-14-16-36-17-15-35-13-11-27-19-7-5-6-18-22(19)25(33)29(24(18)32)20-8-9-21(30)28-23(20)31/h5-7,20,27H,1-4,8-17H2,(H,28,30,31). The van der Waals surface area contributed by atoms with Crippen molar-refractivity contribution in [1.29, 1.82) is 0 Å². The third-order valence-corrected chi connectivity index (χ3v) is 6.21. The van der Waals surface area contributed by atoms with Crippen LogP contribution in [-0.2, 0) is 23.8 Å². The SMILES string of the molecule is O=C1CCC(N2C(=O)c3cccc(NCCOCCOCCOCCCCCCCl)c3C2=O)C(=O)N1. The number of unbranched alkanes of at least 4 members (excludes halogenated alkanes) is 3. The Balaban J connectivity index is 1.32. The van der Waals surface area contributed by atoms with Gasteiger partial charge in [-0.3, -0.25) is 29.4 Å². The summed E-state index contributed by atoms with van der Waals surface area (Å²) in [5.41, 5.74) is 0.969. The van der Waals surface area contributed by atoms with E-state index in [2.05, 4.69) is 10.6 Å². The van der Waals surface area contributed by atoms with Gasteiger partial charge in [0.2, 0.25) is 11.8 Å². The molecular weight excluding hydrogens is 490 g/mol. The predicted molar refractivity (Wildman–Crippen MR) is 133 cm³/mol. The topological polar surface area (TPSA) is 123 Å². The summed E-state index contributed by atoms with van der Waals surface area (Å²) < 4.78 is 16.6. The summed E-state index contributed by atoms with van der Waals surface area (Å²) in [5, 5.41) is 5.33. The maximum Gasteiger partial charge on any atom is 0.264 e. The number of nitrogens with zero attached hydrogens (tertiary/aromatic N) is 1. The number of ether oxygens (including phenoxy) is 3. The quantitative estimate of drug-likeness (QED) is 0.181. The molecule has 4 amide bonds. The molecule has 10 nitrogen and oxygen atoms in total. The van der Waals surface area contributed by atoms with Crippen molar-refractivity contribution in [2.24, 2.45) is 0 Å². The summed E-state index contributed by atoms with van der Waals surface area (Å²) in [6, 6.07) is 3.96. The normalized spacial score (nSPS) is 17.5. The van der Waals surface area contributed by atoms with Crippen LogP contribution in [0.5, 0.6) is 0 Å². The van der Waals surface area contributed by atoms with Gasteiger partial charge in [0.15, 0.2) is 0 Å². The number of benzene rings is 1. The molecule has 1 aromatic rings. The molecule has 2 aliphatic rings. The summed E-state index contributed by atoms with van der Waals surface area (Å²) >= 11 is 5.64. The van der Waals surface area contributed by atoms with E-state index in [0.29, 0.717) is 51.1 Å². The Morgan fingerprint density at radius 3 is 2.31 bits per heavy atom. The van der Waals surface area contributed by atoms with Crippen LogP contribution in [0.25, 0.3) is 0 Å². The largest absolute Gasteiger partial charge is 0.382 e. The number of halogens is 1. The van der Waals surface area contributed by atoms with Crippen molar-refractivity contribution in [3.8, 4) is 0 Å². The molecule has 2 aliphatic heterocycles. The molecule has 0 aromatic heterocycles. The number of fused-ring (bicyclic) bond motifs is 1. The Hall–Kier alpha value is -2.53. The molecule has 198 valence electrons. The molecule has 0 saturated carbocycles. The molecule has 1 saturated heterocycles. The summed E-state index contributed by atoms with van der Waals surface area (Å²) in [7, 11) is 0. The summed E-state index contributed by atoms with van der Waals surface area (Å²) in [6.45, 7) is 3.48. The third-order valence-electron chi connectivity index (χ3n) is 5.95. The van der Waals surface area contributed by atoms with E-state index in [1.807, 2.05) is 0 Å². The minimum atomic E-state index is -0.988. The molecule has 0 aliphatic carbocycles. The van der Waals surface area contributed by atoms with Crippen LogP contribution in [0, 0.1) is 0 Å². The average Bonchev–Trinajstić information content (AvgIpc) is 3.12. The van der Waals surface area contributed by atoms with Crippen molar-refractivity contribution in [2.45, 2.75) is 44.6 Å². The summed E-state index contributed by atoms with van der Waals surface area (Å²) in [4.78, 5) is 50.5. The van der Waals surface area contributed by atoms with Crippen LogP contribution in [0.1, 0.15) is 59.2 Å². The Kier molecular flexibility index (Phi) is 11.6. The number of alkyl halides is 1. The van der Waals surface area contributed by atoms with Crippen LogP contribution in [-0.4, -0.2) is 86.6 Å². The van der Waals surface area contributed by atoms with E-state index < -0.39 is 29.7 Å². The maximum absolute atomic E-state index is 13.1. The Morgan fingerprint density at radius 1 is 0.889 bits per heavy atom. The number of carbonyl (C=O) groups excluding carboxylic acids is 4. The predicted octanol–water partition coefficient (Wildman–Crippen LogP) is 2.35. The van der Waals surface area contributed by atoms with Crippen molar-refractivity contribution in [3.63, 3.8) is 0 Å². The molecule has 11 heteroatoms. The first-order chi connectivity index (χ1) is 17.5.